The summed E-state index contributed by atoms with van der Waals surface area (Å²) < 4.78 is 0. The number of amides is 1. The zero-order valence-corrected chi connectivity index (χ0v) is 16.0. The van der Waals surface area contributed by atoms with E-state index in [2.05, 4.69) is 5.32 Å². The first-order chi connectivity index (χ1) is 12.4. The summed E-state index contributed by atoms with van der Waals surface area (Å²) in [6, 6.07) is 7.14. The van der Waals surface area contributed by atoms with Crippen molar-refractivity contribution in [1.29, 1.82) is 0 Å². The first kappa shape index (κ1) is 18.6. The molecule has 1 aliphatic heterocycles. The molecule has 0 aromatic heterocycles. The molecule has 1 aromatic carbocycles. The van der Waals surface area contributed by atoms with Crippen LogP contribution in [0.15, 0.2) is 63.6 Å². The van der Waals surface area contributed by atoms with Crippen LogP contribution in [0.25, 0.3) is 0 Å². The topological polar surface area (TPSA) is 69.6 Å². The van der Waals surface area contributed by atoms with Crippen molar-refractivity contribution >= 4 is 35.2 Å². The molecule has 0 bridgehead atoms. The summed E-state index contributed by atoms with van der Waals surface area (Å²) in [5, 5.41) is 12.9. The first-order valence-corrected chi connectivity index (χ1v) is 9.38. The minimum absolute atomic E-state index is 0.0954. The third-order valence-electron chi connectivity index (χ3n) is 4.27. The van der Waals surface area contributed by atoms with Gasteiger partial charge >= 0.3 is 5.97 Å². The van der Waals surface area contributed by atoms with Gasteiger partial charge in [0.05, 0.1) is 12.1 Å². The van der Waals surface area contributed by atoms with E-state index in [1.165, 1.54) is 6.92 Å². The van der Waals surface area contributed by atoms with Crippen molar-refractivity contribution < 1.29 is 14.7 Å². The Hall–Kier alpha value is -2.18. The minimum atomic E-state index is -0.888. The Bertz CT molecular complexity index is 830. The highest BCUT2D eigenvalue weighted by atomic mass is 35.5. The third-order valence-corrected chi connectivity index (χ3v) is 5.81. The molecule has 1 amide bonds. The maximum atomic E-state index is 11.6. The quantitative estimate of drug-likeness (QED) is 0.806. The monoisotopic (exact) mass is 390 g/mol. The van der Waals surface area contributed by atoms with Crippen molar-refractivity contribution in [2.75, 3.05) is 6.54 Å². The Morgan fingerprint density at radius 3 is 2.62 bits per heavy atom. The number of carboxylic acid groups (broad SMARTS) is 1. The molecule has 1 heterocycles. The van der Waals surface area contributed by atoms with Crippen LogP contribution in [-0.4, -0.2) is 40.5 Å². The maximum absolute atomic E-state index is 11.6. The second-order valence-electron chi connectivity index (χ2n) is 6.15. The van der Waals surface area contributed by atoms with Crippen molar-refractivity contribution in [1.82, 2.24) is 10.2 Å². The van der Waals surface area contributed by atoms with Gasteiger partial charge in [-0.25, -0.2) is 0 Å². The molecule has 2 atom stereocenters. The summed E-state index contributed by atoms with van der Waals surface area (Å²) in [5.41, 5.74) is 1.80. The average molecular weight is 391 g/mol. The molecule has 26 heavy (non-hydrogen) atoms. The number of aliphatic carboxylic acids is 1. The summed E-state index contributed by atoms with van der Waals surface area (Å²) in [6.45, 7) is 3.37. The van der Waals surface area contributed by atoms with Crippen LogP contribution in [0.2, 0.25) is 5.02 Å². The number of rotatable bonds is 5. The lowest BCUT2D eigenvalue weighted by Gasteiger charge is -2.27. The number of benzene rings is 1. The fourth-order valence-electron chi connectivity index (χ4n) is 3.19. The van der Waals surface area contributed by atoms with Crippen LogP contribution < -0.4 is 5.32 Å². The largest absolute Gasteiger partial charge is 0.480 e. The minimum Gasteiger partial charge on any atom is -0.480 e. The van der Waals surface area contributed by atoms with Gasteiger partial charge in [-0.2, -0.15) is 0 Å². The van der Waals surface area contributed by atoms with Crippen molar-refractivity contribution in [3.05, 3.63) is 63.7 Å². The number of carbonyl (C=O) groups is 2. The van der Waals surface area contributed by atoms with Gasteiger partial charge in [-0.1, -0.05) is 35.5 Å². The summed E-state index contributed by atoms with van der Waals surface area (Å²) in [6.07, 6.45) is 5.68. The second kappa shape index (κ2) is 7.60. The zero-order valence-electron chi connectivity index (χ0n) is 14.4. The van der Waals surface area contributed by atoms with Gasteiger partial charge in [-0.15, -0.1) is 0 Å². The van der Waals surface area contributed by atoms with E-state index in [-0.39, 0.29) is 24.5 Å². The normalized spacial score (nSPS) is 21.5. The van der Waals surface area contributed by atoms with Gasteiger partial charge in [0.25, 0.3) is 0 Å². The Balaban J connectivity index is 2.01. The molecule has 1 aromatic rings. The van der Waals surface area contributed by atoms with E-state index in [4.69, 9.17) is 11.6 Å². The van der Waals surface area contributed by atoms with Crippen LogP contribution in [-0.2, 0) is 9.59 Å². The van der Waals surface area contributed by atoms with Crippen LogP contribution in [0.5, 0.6) is 0 Å². The first-order valence-electron chi connectivity index (χ1n) is 8.18. The standard InChI is InChI=1S/C19H19ClN2O3S/c1-11-19(26-14-8-6-13(20)7-9-14)18-15(21-12(2)23)4-3-5-16(18)22(11)10-17(24)25/h3-9,11,15H,10H2,1-2H3,(H,21,23)(H,24,25). The SMILES string of the molecule is CC(=O)NC1C=CC=C2C1=C(Sc1ccc(Cl)cc1)C(C)N2CC(=O)O. The Morgan fingerprint density at radius 2 is 2.00 bits per heavy atom. The number of carboxylic acids is 1. The molecule has 5 nitrogen and oxygen atoms in total. The molecule has 136 valence electrons. The highest BCUT2D eigenvalue weighted by molar-refractivity contribution is 8.03. The van der Waals surface area contributed by atoms with Crippen molar-refractivity contribution in [2.24, 2.45) is 0 Å². The second-order valence-corrected chi connectivity index (χ2v) is 7.70. The Labute approximate surface area is 161 Å². The molecule has 0 saturated carbocycles. The van der Waals surface area contributed by atoms with E-state index in [1.54, 1.807) is 11.8 Å². The molecule has 3 rings (SSSR count). The molecule has 0 radical (unpaired) electrons. The predicted octanol–water partition coefficient (Wildman–Crippen LogP) is 3.43. The van der Waals surface area contributed by atoms with Crippen LogP contribution in [0.4, 0.5) is 0 Å². The van der Waals surface area contributed by atoms with Crippen molar-refractivity contribution in [3.8, 4) is 0 Å². The summed E-state index contributed by atoms with van der Waals surface area (Å²) in [4.78, 5) is 26.9. The molecule has 0 spiro atoms. The molecule has 7 heteroatoms. The van der Waals surface area contributed by atoms with Gasteiger partial charge in [0.2, 0.25) is 5.91 Å². The van der Waals surface area contributed by atoms with Gasteiger partial charge in [-0.3, -0.25) is 9.59 Å². The van der Waals surface area contributed by atoms with Gasteiger partial charge in [-0.05, 0) is 37.3 Å². The number of hydrogen-bond acceptors (Lipinski definition) is 4. The summed E-state index contributed by atoms with van der Waals surface area (Å²) in [5.74, 6) is -1.02. The highest BCUT2D eigenvalue weighted by Gasteiger charge is 2.38. The van der Waals surface area contributed by atoms with Gasteiger partial charge < -0.3 is 15.3 Å². The molecule has 2 unspecified atom stereocenters. The van der Waals surface area contributed by atoms with Crippen molar-refractivity contribution in [2.45, 2.75) is 30.8 Å². The van der Waals surface area contributed by atoms with E-state index >= 15 is 0 Å². The van der Waals surface area contributed by atoms with Crippen molar-refractivity contribution in [3.63, 3.8) is 0 Å². The molecule has 0 saturated heterocycles. The number of fused-ring (bicyclic) bond motifs is 1. The molecule has 2 aliphatic rings. The number of halogens is 1. The predicted molar refractivity (Wildman–Crippen MR) is 103 cm³/mol. The van der Waals surface area contributed by atoms with E-state index in [0.717, 1.165) is 21.1 Å². The lowest BCUT2D eigenvalue weighted by molar-refractivity contribution is -0.138. The van der Waals surface area contributed by atoms with E-state index < -0.39 is 5.97 Å². The number of hydrogen-bond donors (Lipinski definition) is 2. The lowest BCUT2D eigenvalue weighted by atomic mass is 9.99. The fraction of sp³-hybridized carbons (Fsp3) is 0.263. The Morgan fingerprint density at radius 1 is 1.31 bits per heavy atom. The van der Waals surface area contributed by atoms with Gasteiger partial charge in [0.15, 0.2) is 0 Å². The molecular weight excluding hydrogens is 372 g/mol. The van der Waals surface area contributed by atoms with Gasteiger partial charge in [0.1, 0.15) is 6.54 Å². The fourth-order valence-corrected chi connectivity index (χ4v) is 4.48. The van der Waals surface area contributed by atoms with Crippen LogP contribution in [0.3, 0.4) is 0 Å². The molecular formula is C19H19ClN2O3S. The Kier molecular flexibility index (Phi) is 5.44. The number of nitrogens with zero attached hydrogens (tertiary/aromatic N) is 1. The number of thioether (sulfide) groups is 1. The lowest BCUT2D eigenvalue weighted by Crippen LogP contribution is -2.37. The van der Waals surface area contributed by atoms with Gasteiger partial charge in [0, 0.05) is 33.0 Å². The molecule has 0 fully saturated rings. The van der Waals surface area contributed by atoms with E-state index in [1.807, 2.05) is 54.3 Å². The maximum Gasteiger partial charge on any atom is 0.323 e. The molecule has 2 N–H and O–H groups in total. The summed E-state index contributed by atoms with van der Waals surface area (Å²) >= 11 is 7.54. The summed E-state index contributed by atoms with van der Waals surface area (Å²) in [7, 11) is 0. The van der Waals surface area contributed by atoms with Crippen LogP contribution in [0.1, 0.15) is 13.8 Å². The zero-order chi connectivity index (χ0) is 18.8. The van der Waals surface area contributed by atoms with E-state index in [0.29, 0.717) is 5.02 Å². The average Bonchev–Trinajstić information content (AvgIpc) is 2.82. The van der Waals surface area contributed by atoms with Crippen LogP contribution >= 0.6 is 23.4 Å². The number of carbonyl (C=O) groups excluding carboxylic acids is 1. The number of nitrogens with one attached hydrogen (secondary N) is 1. The number of allylic oxidation sites excluding steroid dienone is 2. The highest BCUT2D eigenvalue weighted by Crippen LogP contribution is 2.45. The molecule has 1 aliphatic carbocycles. The smallest absolute Gasteiger partial charge is 0.323 e. The van der Waals surface area contributed by atoms with Crippen LogP contribution in [0, 0.1) is 0 Å². The van der Waals surface area contributed by atoms with E-state index in [9.17, 15) is 14.7 Å². The third kappa shape index (κ3) is 3.81.